The Kier molecular flexibility index (Phi) is 13.1. The lowest BCUT2D eigenvalue weighted by molar-refractivity contribution is 0.216. The summed E-state index contributed by atoms with van der Waals surface area (Å²) in [7, 11) is 4.37. The predicted molar refractivity (Wildman–Crippen MR) is 191 cm³/mol. The first-order valence-corrected chi connectivity index (χ1v) is 13.7. The highest BCUT2D eigenvalue weighted by Crippen LogP contribution is 2.37. The fourth-order valence-corrected chi connectivity index (χ4v) is 6.07. The molecule has 7 nitrogen and oxygen atoms in total. The summed E-state index contributed by atoms with van der Waals surface area (Å²) in [5, 5.41) is 5.23. The Hall–Kier alpha value is -2.62. The summed E-state index contributed by atoms with van der Waals surface area (Å²) in [6.07, 6.45) is 0. The van der Waals surface area contributed by atoms with Crippen LogP contribution >= 0.6 is 49.6 Å². The van der Waals surface area contributed by atoms with Crippen molar-refractivity contribution in [3.63, 3.8) is 0 Å². The third-order valence-corrected chi connectivity index (χ3v) is 8.31. The molecule has 4 aromatic rings. The first kappa shape index (κ1) is 36.6. The molecule has 2 saturated heterocycles. The van der Waals surface area contributed by atoms with Gasteiger partial charge in [0.2, 0.25) is 0 Å². The molecule has 0 bridgehead atoms. The van der Waals surface area contributed by atoms with Crippen molar-refractivity contribution in [2.75, 3.05) is 66.5 Å². The highest BCUT2D eigenvalue weighted by atomic mass is 35.5. The number of benzene rings is 4. The molecule has 0 amide bonds. The lowest BCUT2D eigenvalue weighted by Crippen LogP contribution is -2.47. The second kappa shape index (κ2) is 15.4. The van der Waals surface area contributed by atoms with Gasteiger partial charge in [0.1, 0.15) is 11.7 Å². The van der Waals surface area contributed by atoms with Crippen LogP contribution < -0.4 is 0 Å². The molecule has 43 heavy (non-hydrogen) atoms. The molecular formula is C32H40Cl4N6O. The van der Waals surface area contributed by atoms with Gasteiger partial charge < -0.3 is 25.1 Å². The first-order chi connectivity index (χ1) is 18.7. The van der Waals surface area contributed by atoms with Crippen molar-refractivity contribution in [3.8, 4) is 0 Å². The monoisotopic (exact) mass is 664 g/mol. The molecule has 0 unspecified atom stereocenters. The molecule has 0 spiro atoms. The quantitative estimate of drug-likeness (QED) is 0.237. The van der Waals surface area contributed by atoms with Gasteiger partial charge in [0.05, 0.1) is 11.4 Å². The van der Waals surface area contributed by atoms with Crippen LogP contribution in [0.25, 0.3) is 21.5 Å². The van der Waals surface area contributed by atoms with E-state index in [1.807, 2.05) is 0 Å². The maximum absolute atomic E-state index is 4.87. The van der Waals surface area contributed by atoms with Gasteiger partial charge in [-0.05, 0) is 37.0 Å². The summed E-state index contributed by atoms with van der Waals surface area (Å²) in [6.45, 7) is 8.74. The number of hydrogen-bond donors (Lipinski definition) is 0. The summed E-state index contributed by atoms with van der Waals surface area (Å²) in [4.78, 5) is 19.3. The summed E-state index contributed by atoms with van der Waals surface area (Å²) in [5.41, 5.74) is 4.86. The number of amidine groups is 2. The Bertz CT molecular complexity index is 1470. The van der Waals surface area contributed by atoms with E-state index in [4.69, 9.17) is 9.98 Å². The summed E-state index contributed by atoms with van der Waals surface area (Å²) < 4.78 is 0. The standard InChI is InChI=1S/2C16H17N3.4ClH.H2O/c2*1-18-8-10-19(11-9-18)16-13-6-2-4-12-5-3-7-14(17-16)15(12)13;;;;;/h2*2-7H,8-11H2,1H3;4*1H;1H2. The van der Waals surface area contributed by atoms with Crippen molar-refractivity contribution in [2.24, 2.45) is 9.98 Å². The maximum atomic E-state index is 4.87. The van der Waals surface area contributed by atoms with Gasteiger partial charge in [0.15, 0.2) is 0 Å². The van der Waals surface area contributed by atoms with Crippen molar-refractivity contribution in [1.29, 1.82) is 0 Å². The van der Waals surface area contributed by atoms with Gasteiger partial charge in [-0.15, -0.1) is 49.6 Å². The van der Waals surface area contributed by atoms with E-state index in [2.05, 4.69) is 106 Å². The molecule has 4 heterocycles. The van der Waals surface area contributed by atoms with Crippen LogP contribution in [-0.4, -0.2) is 103 Å². The van der Waals surface area contributed by atoms with Crippen LogP contribution in [0.1, 0.15) is 11.1 Å². The van der Waals surface area contributed by atoms with Crippen molar-refractivity contribution < 1.29 is 5.48 Å². The number of hydrogen-bond acceptors (Lipinski definition) is 6. The normalized spacial score (nSPS) is 16.8. The second-order valence-corrected chi connectivity index (χ2v) is 10.8. The largest absolute Gasteiger partial charge is 0.412 e. The van der Waals surface area contributed by atoms with E-state index >= 15 is 0 Å². The summed E-state index contributed by atoms with van der Waals surface area (Å²) in [5.74, 6) is 2.33. The average molecular weight is 667 g/mol. The number of halogens is 4. The molecule has 4 aliphatic heterocycles. The number of nitrogens with zero attached hydrogens (tertiary/aromatic N) is 6. The third kappa shape index (κ3) is 6.89. The second-order valence-electron chi connectivity index (χ2n) is 10.8. The zero-order valence-electron chi connectivity index (χ0n) is 24.4. The minimum absolute atomic E-state index is 0. The Morgan fingerprint density at radius 2 is 0.791 bits per heavy atom. The van der Waals surface area contributed by atoms with Crippen LogP contribution in [0, 0.1) is 0 Å². The summed E-state index contributed by atoms with van der Waals surface area (Å²) >= 11 is 0. The maximum Gasteiger partial charge on any atom is 0.137 e. The molecule has 2 N–H and O–H groups in total. The molecule has 0 saturated carbocycles. The molecule has 4 aromatic carbocycles. The molecule has 0 aromatic heterocycles. The van der Waals surface area contributed by atoms with Crippen molar-refractivity contribution >= 4 is 94.2 Å². The number of likely N-dealkylation sites (N-methyl/N-ethyl adjacent to an activating group) is 2. The number of rotatable bonds is 0. The van der Waals surface area contributed by atoms with Crippen LogP contribution in [0.2, 0.25) is 0 Å². The van der Waals surface area contributed by atoms with E-state index in [1.165, 1.54) is 44.3 Å². The highest BCUT2D eigenvalue weighted by Gasteiger charge is 2.26. The van der Waals surface area contributed by atoms with Gasteiger partial charge in [-0.1, -0.05) is 60.7 Å². The van der Waals surface area contributed by atoms with E-state index in [9.17, 15) is 0 Å². The van der Waals surface area contributed by atoms with Gasteiger partial charge in [-0.25, -0.2) is 9.98 Å². The first-order valence-electron chi connectivity index (χ1n) is 13.7. The molecule has 0 aliphatic carbocycles. The van der Waals surface area contributed by atoms with Crippen LogP contribution in [0.4, 0.5) is 11.4 Å². The zero-order valence-corrected chi connectivity index (χ0v) is 27.7. The average Bonchev–Trinajstić information content (AvgIpc) is 3.52. The summed E-state index contributed by atoms with van der Waals surface area (Å²) in [6, 6.07) is 25.8. The zero-order chi connectivity index (χ0) is 25.6. The highest BCUT2D eigenvalue weighted by molar-refractivity contribution is 6.19. The predicted octanol–water partition coefficient (Wildman–Crippen LogP) is 5.82. The third-order valence-electron chi connectivity index (χ3n) is 8.31. The van der Waals surface area contributed by atoms with Gasteiger partial charge in [-0.3, -0.25) is 0 Å². The fourth-order valence-electron chi connectivity index (χ4n) is 6.07. The Morgan fingerprint density at radius 3 is 1.14 bits per heavy atom. The molecule has 11 heteroatoms. The molecular weight excluding hydrogens is 626 g/mol. The molecule has 0 radical (unpaired) electrons. The lowest BCUT2D eigenvalue weighted by Gasteiger charge is -2.34. The van der Waals surface area contributed by atoms with E-state index in [-0.39, 0.29) is 55.1 Å². The minimum Gasteiger partial charge on any atom is -0.412 e. The van der Waals surface area contributed by atoms with Crippen LogP contribution in [0.15, 0.2) is 82.8 Å². The van der Waals surface area contributed by atoms with E-state index in [0.29, 0.717) is 0 Å². The van der Waals surface area contributed by atoms with Crippen molar-refractivity contribution in [1.82, 2.24) is 19.6 Å². The molecule has 232 valence electrons. The van der Waals surface area contributed by atoms with Gasteiger partial charge in [0.25, 0.3) is 0 Å². The Balaban J connectivity index is 0.000000269. The molecule has 4 aliphatic rings. The smallest absolute Gasteiger partial charge is 0.137 e. The minimum atomic E-state index is 0. The van der Waals surface area contributed by atoms with E-state index in [0.717, 1.165) is 63.7 Å². The topological polar surface area (TPSA) is 69.2 Å². The molecule has 2 fully saturated rings. The van der Waals surface area contributed by atoms with Gasteiger partial charge >= 0.3 is 0 Å². The van der Waals surface area contributed by atoms with Crippen molar-refractivity contribution in [3.05, 3.63) is 83.9 Å². The van der Waals surface area contributed by atoms with E-state index in [1.54, 1.807) is 0 Å². The van der Waals surface area contributed by atoms with Crippen LogP contribution in [0.5, 0.6) is 0 Å². The Labute approximate surface area is 278 Å². The Morgan fingerprint density at radius 1 is 0.465 bits per heavy atom. The lowest BCUT2D eigenvalue weighted by atomic mass is 10.0. The van der Waals surface area contributed by atoms with Crippen LogP contribution in [0.3, 0.4) is 0 Å². The van der Waals surface area contributed by atoms with E-state index < -0.39 is 0 Å². The number of aliphatic imine (C=N–C) groups is 2. The number of piperazine rings is 2. The molecule has 8 rings (SSSR count). The SMILES string of the molecule is CN1CCN(C2=Nc3cccc4cccc2c34)CC1.CN1CCN(C2=Nc3cccc4cccc2c34)CC1.Cl.Cl.Cl.Cl.O. The van der Waals surface area contributed by atoms with Crippen LogP contribution in [-0.2, 0) is 0 Å². The fraction of sp³-hybridized carbons (Fsp3) is 0.312. The molecule has 0 atom stereocenters. The van der Waals surface area contributed by atoms with Gasteiger partial charge in [0, 0.05) is 74.3 Å². The van der Waals surface area contributed by atoms with Crippen molar-refractivity contribution in [2.45, 2.75) is 0 Å². The van der Waals surface area contributed by atoms with Gasteiger partial charge in [-0.2, -0.15) is 0 Å².